The molecule has 0 aliphatic carbocycles. The van der Waals surface area contributed by atoms with Crippen LogP contribution in [-0.2, 0) is 14.3 Å². The highest BCUT2D eigenvalue weighted by Gasteiger charge is 2.18. The maximum absolute atomic E-state index is 11.6. The summed E-state index contributed by atoms with van der Waals surface area (Å²) in [4.78, 5) is 23.3. The van der Waals surface area contributed by atoms with Gasteiger partial charge in [-0.2, -0.15) is 5.10 Å². The minimum absolute atomic E-state index is 0.0167. The molecule has 1 aromatic carbocycles. The molecule has 2 N–H and O–H groups in total. The van der Waals surface area contributed by atoms with Crippen LogP contribution in [0.5, 0.6) is 11.5 Å². The first-order valence-electron chi connectivity index (χ1n) is 7.59. The fraction of sp³-hybridized carbons (Fsp3) is 0.438. The second-order valence-corrected chi connectivity index (χ2v) is 5.16. The highest BCUT2D eigenvalue weighted by Crippen LogP contribution is 2.26. The molecule has 1 atom stereocenters. The minimum atomic E-state index is -0.829. The number of ether oxygens (including phenoxy) is 3. The molecule has 0 radical (unpaired) electrons. The molecule has 1 heterocycles. The predicted octanol–water partition coefficient (Wildman–Crippen LogP) is 0.449. The average Bonchev–Trinajstić information content (AvgIpc) is 3.12. The zero-order valence-electron chi connectivity index (χ0n) is 13.7. The fourth-order valence-electron chi connectivity index (χ4n) is 2.24. The van der Waals surface area contributed by atoms with Gasteiger partial charge in [-0.15, -0.1) is 0 Å². The average molecular weight is 335 g/mol. The van der Waals surface area contributed by atoms with Crippen molar-refractivity contribution in [3.8, 4) is 11.5 Å². The van der Waals surface area contributed by atoms with E-state index in [9.17, 15) is 9.59 Å². The number of methoxy groups -OCH3 is 2. The van der Waals surface area contributed by atoms with Crippen molar-refractivity contribution in [2.75, 3.05) is 27.4 Å². The molecule has 1 saturated heterocycles. The number of nitrogens with one attached hydrogen (secondary N) is 2. The van der Waals surface area contributed by atoms with Gasteiger partial charge >= 0.3 is 11.8 Å². The lowest BCUT2D eigenvalue weighted by Gasteiger charge is -2.09. The van der Waals surface area contributed by atoms with Crippen molar-refractivity contribution in [2.24, 2.45) is 5.10 Å². The summed E-state index contributed by atoms with van der Waals surface area (Å²) in [5.41, 5.74) is 2.87. The number of nitrogens with zero attached hydrogens (tertiary/aromatic N) is 1. The lowest BCUT2D eigenvalue weighted by molar-refractivity contribution is -0.139. The molecule has 8 heteroatoms. The Bertz CT molecular complexity index is 612. The van der Waals surface area contributed by atoms with Crippen LogP contribution >= 0.6 is 0 Å². The topological polar surface area (TPSA) is 98.2 Å². The highest BCUT2D eigenvalue weighted by molar-refractivity contribution is 6.35. The first-order chi connectivity index (χ1) is 11.6. The van der Waals surface area contributed by atoms with E-state index in [1.165, 1.54) is 13.3 Å². The molecule has 1 aliphatic heterocycles. The van der Waals surface area contributed by atoms with E-state index in [4.69, 9.17) is 14.2 Å². The second kappa shape index (κ2) is 8.88. The van der Waals surface area contributed by atoms with Crippen molar-refractivity contribution in [3.05, 3.63) is 23.8 Å². The van der Waals surface area contributed by atoms with E-state index in [1.807, 2.05) is 0 Å². The molecule has 0 bridgehead atoms. The SMILES string of the molecule is COc1ccc(/C=N/NC(=O)C(=O)NCC2CCCO2)cc1OC. The van der Waals surface area contributed by atoms with Crippen LogP contribution in [0.2, 0.25) is 0 Å². The van der Waals surface area contributed by atoms with E-state index >= 15 is 0 Å². The summed E-state index contributed by atoms with van der Waals surface area (Å²) in [6.07, 6.45) is 3.26. The normalized spacial score (nSPS) is 16.8. The molecular formula is C16H21N3O5. The van der Waals surface area contributed by atoms with Gasteiger partial charge in [-0.3, -0.25) is 9.59 Å². The van der Waals surface area contributed by atoms with Gasteiger partial charge in [-0.05, 0) is 36.6 Å². The number of carbonyl (C=O) groups excluding carboxylic acids is 2. The summed E-state index contributed by atoms with van der Waals surface area (Å²) in [7, 11) is 3.07. The van der Waals surface area contributed by atoms with Gasteiger partial charge in [0.05, 0.1) is 26.5 Å². The molecule has 130 valence electrons. The lowest BCUT2D eigenvalue weighted by Crippen LogP contribution is -2.41. The van der Waals surface area contributed by atoms with Gasteiger partial charge in [0, 0.05) is 13.2 Å². The number of hydrogen-bond donors (Lipinski definition) is 2. The molecule has 1 aromatic rings. The Labute approximate surface area is 140 Å². The standard InChI is InChI=1S/C16H21N3O5/c1-22-13-6-5-11(8-14(13)23-2)9-18-19-16(21)15(20)17-10-12-4-3-7-24-12/h5-6,8-9,12H,3-4,7,10H2,1-2H3,(H,17,20)(H,19,21)/b18-9+. The maximum atomic E-state index is 11.6. The summed E-state index contributed by atoms with van der Waals surface area (Å²) in [6, 6.07) is 5.16. The number of rotatable bonds is 6. The third kappa shape index (κ3) is 4.95. The van der Waals surface area contributed by atoms with E-state index in [0.717, 1.165) is 12.8 Å². The number of benzene rings is 1. The molecule has 8 nitrogen and oxygen atoms in total. The largest absolute Gasteiger partial charge is 0.493 e. The van der Waals surface area contributed by atoms with Crippen LogP contribution in [0.1, 0.15) is 18.4 Å². The Hall–Kier alpha value is -2.61. The Morgan fingerprint density at radius 1 is 1.29 bits per heavy atom. The van der Waals surface area contributed by atoms with Crippen molar-refractivity contribution < 1.29 is 23.8 Å². The molecule has 2 amide bonds. The minimum Gasteiger partial charge on any atom is -0.493 e. The first kappa shape index (κ1) is 17.7. The molecule has 0 aromatic heterocycles. The monoisotopic (exact) mass is 335 g/mol. The van der Waals surface area contributed by atoms with Crippen LogP contribution in [0.3, 0.4) is 0 Å². The van der Waals surface area contributed by atoms with E-state index in [-0.39, 0.29) is 6.10 Å². The number of hydrazone groups is 1. The number of hydrogen-bond acceptors (Lipinski definition) is 6. The summed E-state index contributed by atoms with van der Waals surface area (Å²) in [6.45, 7) is 1.02. The molecule has 24 heavy (non-hydrogen) atoms. The van der Waals surface area contributed by atoms with Gasteiger partial charge in [0.1, 0.15) is 0 Å². The summed E-state index contributed by atoms with van der Waals surface area (Å²) in [5.74, 6) is -0.436. The second-order valence-electron chi connectivity index (χ2n) is 5.16. The van der Waals surface area contributed by atoms with Gasteiger partial charge in [0.2, 0.25) is 0 Å². The van der Waals surface area contributed by atoms with Crippen LogP contribution in [0.25, 0.3) is 0 Å². The Kier molecular flexibility index (Phi) is 6.56. The smallest absolute Gasteiger partial charge is 0.329 e. The molecule has 1 aliphatic rings. The van der Waals surface area contributed by atoms with Crippen molar-refractivity contribution in [3.63, 3.8) is 0 Å². The van der Waals surface area contributed by atoms with Gasteiger partial charge < -0.3 is 19.5 Å². The number of carbonyl (C=O) groups is 2. The van der Waals surface area contributed by atoms with Crippen molar-refractivity contribution in [1.82, 2.24) is 10.7 Å². The van der Waals surface area contributed by atoms with Crippen LogP contribution in [-0.4, -0.2) is 51.5 Å². The highest BCUT2D eigenvalue weighted by atomic mass is 16.5. The molecule has 0 spiro atoms. The molecule has 1 unspecified atom stereocenters. The van der Waals surface area contributed by atoms with Crippen molar-refractivity contribution in [2.45, 2.75) is 18.9 Å². The zero-order chi connectivity index (χ0) is 17.4. The lowest BCUT2D eigenvalue weighted by atomic mass is 10.2. The maximum Gasteiger partial charge on any atom is 0.329 e. The third-order valence-electron chi connectivity index (χ3n) is 3.51. The predicted molar refractivity (Wildman–Crippen MR) is 87.3 cm³/mol. The Morgan fingerprint density at radius 2 is 2.08 bits per heavy atom. The molecular weight excluding hydrogens is 314 g/mol. The van der Waals surface area contributed by atoms with Crippen LogP contribution < -0.4 is 20.2 Å². The van der Waals surface area contributed by atoms with E-state index in [0.29, 0.717) is 30.2 Å². The van der Waals surface area contributed by atoms with E-state index < -0.39 is 11.8 Å². The van der Waals surface area contributed by atoms with Gasteiger partial charge in [-0.1, -0.05) is 0 Å². The molecule has 2 rings (SSSR count). The van der Waals surface area contributed by atoms with Gasteiger partial charge in [0.15, 0.2) is 11.5 Å². The fourth-order valence-corrected chi connectivity index (χ4v) is 2.24. The van der Waals surface area contributed by atoms with Crippen molar-refractivity contribution >= 4 is 18.0 Å². The third-order valence-corrected chi connectivity index (χ3v) is 3.51. The Balaban J connectivity index is 1.81. The van der Waals surface area contributed by atoms with Gasteiger partial charge in [0.25, 0.3) is 0 Å². The van der Waals surface area contributed by atoms with E-state index in [1.54, 1.807) is 25.3 Å². The summed E-state index contributed by atoms with van der Waals surface area (Å²) >= 11 is 0. The molecule has 0 saturated carbocycles. The van der Waals surface area contributed by atoms with Gasteiger partial charge in [-0.25, -0.2) is 5.43 Å². The van der Waals surface area contributed by atoms with Crippen molar-refractivity contribution in [1.29, 1.82) is 0 Å². The number of amides is 2. The summed E-state index contributed by atoms with van der Waals surface area (Å²) < 4.78 is 15.7. The quantitative estimate of drug-likeness (QED) is 0.447. The first-order valence-corrected chi connectivity index (χ1v) is 7.59. The van der Waals surface area contributed by atoms with Crippen LogP contribution in [0.4, 0.5) is 0 Å². The zero-order valence-corrected chi connectivity index (χ0v) is 13.7. The molecule has 1 fully saturated rings. The van der Waals surface area contributed by atoms with Crippen LogP contribution in [0.15, 0.2) is 23.3 Å². The van der Waals surface area contributed by atoms with Crippen LogP contribution in [0, 0.1) is 0 Å². The Morgan fingerprint density at radius 3 is 2.75 bits per heavy atom. The summed E-state index contributed by atoms with van der Waals surface area (Å²) in [5, 5.41) is 6.28. The van der Waals surface area contributed by atoms with E-state index in [2.05, 4.69) is 15.8 Å².